The van der Waals surface area contributed by atoms with Crippen molar-refractivity contribution in [1.29, 1.82) is 0 Å². The first kappa shape index (κ1) is 13.9. The summed E-state index contributed by atoms with van der Waals surface area (Å²) in [7, 11) is 2.03. The molecule has 0 radical (unpaired) electrons. The van der Waals surface area contributed by atoms with Crippen molar-refractivity contribution in [2.45, 2.75) is 32.6 Å². The zero-order valence-electron chi connectivity index (χ0n) is 10.9. The average Bonchev–Trinajstić information content (AvgIpc) is 2.34. The molecule has 0 aromatic heterocycles. The monoisotopic (exact) mass is 228 g/mol. The molecule has 3 heteroatoms. The third kappa shape index (κ3) is 5.83. The van der Waals surface area contributed by atoms with Gasteiger partial charge in [-0.3, -0.25) is 0 Å². The Kier molecular flexibility index (Phi) is 7.81. The predicted molar refractivity (Wildman–Crippen MR) is 68.7 cm³/mol. The fourth-order valence-electron chi connectivity index (χ4n) is 2.30. The molecule has 16 heavy (non-hydrogen) atoms. The van der Waals surface area contributed by atoms with E-state index in [0.29, 0.717) is 0 Å². The van der Waals surface area contributed by atoms with Crippen molar-refractivity contribution in [3.05, 3.63) is 0 Å². The van der Waals surface area contributed by atoms with Crippen LogP contribution in [0.25, 0.3) is 0 Å². The van der Waals surface area contributed by atoms with Crippen LogP contribution in [0, 0.1) is 11.8 Å². The van der Waals surface area contributed by atoms with Crippen molar-refractivity contribution in [1.82, 2.24) is 10.6 Å². The highest BCUT2D eigenvalue weighted by molar-refractivity contribution is 4.67. The van der Waals surface area contributed by atoms with E-state index in [1.165, 1.54) is 32.2 Å². The molecule has 3 nitrogen and oxygen atoms in total. The Morgan fingerprint density at radius 1 is 1.25 bits per heavy atom. The molecule has 1 heterocycles. The van der Waals surface area contributed by atoms with Gasteiger partial charge in [0.1, 0.15) is 0 Å². The van der Waals surface area contributed by atoms with Gasteiger partial charge in [-0.1, -0.05) is 13.3 Å². The second-order valence-corrected chi connectivity index (χ2v) is 4.88. The van der Waals surface area contributed by atoms with E-state index in [4.69, 9.17) is 4.74 Å². The maximum atomic E-state index is 5.36. The molecule has 1 unspecified atom stereocenters. The molecule has 0 amide bonds. The van der Waals surface area contributed by atoms with Crippen LogP contribution >= 0.6 is 0 Å². The summed E-state index contributed by atoms with van der Waals surface area (Å²) >= 11 is 0. The van der Waals surface area contributed by atoms with Crippen LogP contribution in [-0.4, -0.2) is 39.9 Å². The number of hydrogen-bond acceptors (Lipinski definition) is 3. The standard InChI is InChI=1S/C13H28N2O/c1-3-12(10-14-2)11-15-7-4-13-5-8-16-9-6-13/h12-15H,3-11H2,1-2H3. The summed E-state index contributed by atoms with van der Waals surface area (Å²) in [5, 5.41) is 6.84. The van der Waals surface area contributed by atoms with Gasteiger partial charge < -0.3 is 15.4 Å². The minimum atomic E-state index is 0.777. The molecule has 1 rings (SSSR count). The fourth-order valence-corrected chi connectivity index (χ4v) is 2.30. The number of nitrogens with one attached hydrogen (secondary N) is 2. The molecule has 0 saturated carbocycles. The normalized spacial score (nSPS) is 19.9. The Labute approximate surface area is 100 Å². The van der Waals surface area contributed by atoms with E-state index in [1.807, 2.05) is 7.05 Å². The summed E-state index contributed by atoms with van der Waals surface area (Å²) in [4.78, 5) is 0. The van der Waals surface area contributed by atoms with Crippen LogP contribution < -0.4 is 10.6 Å². The summed E-state index contributed by atoms with van der Waals surface area (Å²) in [5.74, 6) is 1.67. The molecule has 1 aliphatic heterocycles. The zero-order chi connectivity index (χ0) is 11.6. The van der Waals surface area contributed by atoms with Crippen LogP contribution in [0.2, 0.25) is 0 Å². The van der Waals surface area contributed by atoms with Crippen molar-refractivity contribution in [2.75, 3.05) is 39.9 Å². The van der Waals surface area contributed by atoms with Crippen LogP contribution in [0.15, 0.2) is 0 Å². The van der Waals surface area contributed by atoms with Gasteiger partial charge in [0.2, 0.25) is 0 Å². The van der Waals surface area contributed by atoms with Crippen molar-refractivity contribution in [2.24, 2.45) is 11.8 Å². The van der Waals surface area contributed by atoms with Crippen molar-refractivity contribution in [3.8, 4) is 0 Å². The van der Waals surface area contributed by atoms with E-state index in [9.17, 15) is 0 Å². The van der Waals surface area contributed by atoms with Gasteiger partial charge in [0.05, 0.1) is 0 Å². The Hall–Kier alpha value is -0.120. The van der Waals surface area contributed by atoms with E-state index in [1.54, 1.807) is 0 Å². The molecular weight excluding hydrogens is 200 g/mol. The van der Waals surface area contributed by atoms with Gasteiger partial charge in [0.25, 0.3) is 0 Å². The van der Waals surface area contributed by atoms with E-state index in [0.717, 1.165) is 38.1 Å². The number of ether oxygens (including phenoxy) is 1. The number of rotatable bonds is 8. The van der Waals surface area contributed by atoms with Gasteiger partial charge in [-0.2, -0.15) is 0 Å². The highest BCUT2D eigenvalue weighted by atomic mass is 16.5. The van der Waals surface area contributed by atoms with E-state index in [-0.39, 0.29) is 0 Å². The van der Waals surface area contributed by atoms with Gasteiger partial charge in [-0.05, 0) is 57.8 Å². The maximum absolute atomic E-state index is 5.36. The predicted octanol–water partition coefficient (Wildman–Crippen LogP) is 1.64. The Morgan fingerprint density at radius 3 is 2.62 bits per heavy atom. The van der Waals surface area contributed by atoms with Crippen molar-refractivity contribution >= 4 is 0 Å². The van der Waals surface area contributed by atoms with Gasteiger partial charge in [-0.25, -0.2) is 0 Å². The topological polar surface area (TPSA) is 33.3 Å². The second-order valence-electron chi connectivity index (χ2n) is 4.88. The largest absolute Gasteiger partial charge is 0.381 e. The molecule has 1 atom stereocenters. The lowest BCUT2D eigenvalue weighted by molar-refractivity contribution is 0.0639. The molecule has 2 N–H and O–H groups in total. The summed E-state index contributed by atoms with van der Waals surface area (Å²) in [6.45, 7) is 7.67. The van der Waals surface area contributed by atoms with Crippen LogP contribution in [0.3, 0.4) is 0 Å². The summed E-state index contributed by atoms with van der Waals surface area (Å²) in [5.41, 5.74) is 0. The van der Waals surface area contributed by atoms with E-state index >= 15 is 0 Å². The lowest BCUT2D eigenvalue weighted by Crippen LogP contribution is -2.31. The van der Waals surface area contributed by atoms with Gasteiger partial charge in [0, 0.05) is 13.2 Å². The lowest BCUT2D eigenvalue weighted by atomic mass is 9.96. The molecule has 1 fully saturated rings. The first-order valence-electron chi connectivity index (χ1n) is 6.79. The third-order valence-electron chi connectivity index (χ3n) is 3.57. The maximum Gasteiger partial charge on any atom is 0.0468 e. The highest BCUT2D eigenvalue weighted by Gasteiger charge is 2.13. The molecule has 0 aromatic rings. The molecule has 0 aromatic carbocycles. The summed E-state index contributed by atoms with van der Waals surface area (Å²) < 4.78 is 5.36. The Morgan fingerprint density at radius 2 is 2.00 bits per heavy atom. The van der Waals surface area contributed by atoms with Gasteiger partial charge in [0.15, 0.2) is 0 Å². The highest BCUT2D eigenvalue weighted by Crippen LogP contribution is 2.17. The number of hydrogen-bond donors (Lipinski definition) is 2. The average molecular weight is 228 g/mol. The second kappa shape index (κ2) is 8.97. The molecule has 1 saturated heterocycles. The molecule has 96 valence electrons. The minimum Gasteiger partial charge on any atom is -0.381 e. The van der Waals surface area contributed by atoms with E-state index < -0.39 is 0 Å². The van der Waals surface area contributed by atoms with Crippen LogP contribution in [0.4, 0.5) is 0 Å². The minimum absolute atomic E-state index is 0.777. The first-order valence-corrected chi connectivity index (χ1v) is 6.79. The Balaban J connectivity index is 1.97. The first-order chi connectivity index (χ1) is 7.86. The van der Waals surface area contributed by atoms with Crippen molar-refractivity contribution in [3.63, 3.8) is 0 Å². The van der Waals surface area contributed by atoms with Crippen LogP contribution in [0.1, 0.15) is 32.6 Å². The molecule has 0 bridgehead atoms. The SMILES string of the molecule is CCC(CNC)CNCCC1CCOCC1. The van der Waals surface area contributed by atoms with Gasteiger partial charge in [-0.15, -0.1) is 0 Å². The molecule has 1 aliphatic rings. The quantitative estimate of drug-likeness (QED) is 0.620. The van der Waals surface area contributed by atoms with Crippen LogP contribution in [-0.2, 0) is 4.74 Å². The van der Waals surface area contributed by atoms with Gasteiger partial charge >= 0.3 is 0 Å². The molecule has 0 aliphatic carbocycles. The Bertz CT molecular complexity index is 151. The summed E-state index contributed by atoms with van der Waals surface area (Å²) in [6.07, 6.45) is 5.09. The van der Waals surface area contributed by atoms with Crippen molar-refractivity contribution < 1.29 is 4.74 Å². The third-order valence-corrected chi connectivity index (χ3v) is 3.57. The lowest BCUT2D eigenvalue weighted by Gasteiger charge is -2.22. The zero-order valence-corrected chi connectivity index (χ0v) is 10.9. The van der Waals surface area contributed by atoms with E-state index in [2.05, 4.69) is 17.6 Å². The summed E-state index contributed by atoms with van der Waals surface area (Å²) in [6, 6.07) is 0. The fraction of sp³-hybridized carbons (Fsp3) is 1.00. The smallest absolute Gasteiger partial charge is 0.0468 e. The van der Waals surface area contributed by atoms with Crippen LogP contribution in [0.5, 0.6) is 0 Å². The molecular formula is C13H28N2O. The molecule has 0 spiro atoms.